The number of morpholine rings is 1. The second-order valence-electron chi connectivity index (χ2n) is 9.13. The van der Waals surface area contributed by atoms with Crippen LogP contribution in [0.15, 0.2) is 42.5 Å². The van der Waals surface area contributed by atoms with Gasteiger partial charge in [0, 0.05) is 25.2 Å². The predicted octanol–water partition coefficient (Wildman–Crippen LogP) is 6.04. The first-order valence-corrected chi connectivity index (χ1v) is 11.4. The van der Waals surface area contributed by atoms with Gasteiger partial charge in [-0.15, -0.1) is 0 Å². The van der Waals surface area contributed by atoms with Crippen LogP contribution in [0.4, 0.5) is 13.2 Å². The van der Waals surface area contributed by atoms with E-state index in [0.29, 0.717) is 32.0 Å². The van der Waals surface area contributed by atoms with E-state index in [4.69, 9.17) is 25.8 Å². The third-order valence-corrected chi connectivity index (χ3v) is 5.53. The summed E-state index contributed by atoms with van der Waals surface area (Å²) in [6.07, 6.45) is -4.41. The van der Waals surface area contributed by atoms with E-state index >= 15 is 0 Å². The Morgan fingerprint density at radius 2 is 1.91 bits per heavy atom. The van der Waals surface area contributed by atoms with Crippen LogP contribution >= 0.6 is 11.6 Å². The van der Waals surface area contributed by atoms with E-state index in [1.54, 1.807) is 18.2 Å². The Bertz CT molecular complexity index is 991. The van der Waals surface area contributed by atoms with Crippen LogP contribution in [-0.2, 0) is 27.1 Å². The molecule has 1 saturated heterocycles. The third kappa shape index (κ3) is 7.61. The molecule has 2 aromatic rings. The van der Waals surface area contributed by atoms with Crippen LogP contribution in [-0.4, -0.2) is 42.7 Å². The van der Waals surface area contributed by atoms with E-state index < -0.39 is 17.3 Å². The second kappa shape index (κ2) is 11.0. The normalized spacial score (nSPS) is 17.4. The molecule has 1 fully saturated rings. The lowest BCUT2D eigenvalue weighted by Gasteiger charge is -2.33. The van der Waals surface area contributed by atoms with Crippen LogP contribution < -0.4 is 4.74 Å². The van der Waals surface area contributed by atoms with Gasteiger partial charge in [-0.2, -0.15) is 13.2 Å². The topological polar surface area (TPSA) is 48.0 Å². The number of esters is 1. The number of alkyl halides is 3. The standard InChI is InChI=1S/C25H29ClF3NO4/c1-24(2,3)34-23(31)10-11-30-12-13-32-22(15-30)17-8-9-21(20(26)14-17)33-16-18-6-4-5-7-19(18)25(27,28)29/h4-9,14,22H,10-13,15-16H2,1-3H3. The molecule has 186 valence electrons. The Balaban J connectivity index is 1.59. The fraction of sp³-hybridized carbons (Fsp3) is 0.480. The minimum absolute atomic E-state index is 0.0337. The zero-order valence-corrected chi connectivity index (χ0v) is 20.2. The smallest absolute Gasteiger partial charge is 0.416 e. The number of carbonyl (C=O) groups excluding carboxylic acids is 1. The molecular formula is C25H29ClF3NO4. The van der Waals surface area contributed by atoms with Crippen LogP contribution in [0.3, 0.4) is 0 Å². The van der Waals surface area contributed by atoms with Crippen LogP contribution in [0.1, 0.15) is 50.0 Å². The Kier molecular flexibility index (Phi) is 8.49. The van der Waals surface area contributed by atoms with Crippen molar-refractivity contribution in [2.75, 3.05) is 26.2 Å². The molecule has 0 N–H and O–H groups in total. The van der Waals surface area contributed by atoms with E-state index in [1.165, 1.54) is 18.2 Å². The van der Waals surface area contributed by atoms with Gasteiger partial charge in [0.2, 0.25) is 0 Å². The number of carbonyl (C=O) groups is 1. The summed E-state index contributed by atoms with van der Waals surface area (Å²) in [7, 11) is 0. The molecule has 2 aromatic carbocycles. The molecule has 1 aliphatic heterocycles. The number of benzene rings is 2. The van der Waals surface area contributed by atoms with Crippen molar-refractivity contribution < 1.29 is 32.2 Å². The highest BCUT2D eigenvalue weighted by atomic mass is 35.5. The van der Waals surface area contributed by atoms with Crippen molar-refractivity contribution in [3.8, 4) is 5.75 Å². The molecule has 0 spiro atoms. The van der Waals surface area contributed by atoms with Crippen molar-refractivity contribution in [3.05, 3.63) is 64.2 Å². The molecule has 0 amide bonds. The molecule has 0 aliphatic carbocycles. The molecule has 34 heavy (non-hydrogen) atoms. The van der Waals surface area contributed by atoms with E-state index in [0.717, 1.165) is 11.6 Å². The van der Waals surface area contributed by atoms with Gasteiger partial charge in [0.15, 0.2) is 0 Å². The van der Waals surface area contributed by atoms with E-state index in [-0.39, 0.29) is 35.7 Å². The van der Waals surface area contributed by atoms with Crippen LogP contribution in [0.5, 0.6) is 5.75 Å². The summed E-state index contributed by atoms with van der Waals surface area (Å²) in [6, 6.07) is 10.4. The van der Waals surface area contributed by atoms with Crippen molar-refractivity contribution in [1.82, 2.24) is 4.90 Å². The lowest BCUT2D eigenvalue weighted by Crippen LogP contribution is -2.40. The van der Waals surface area contributed by atoms with Gasteiger partial charge in [-0.1, -0.05) is 35.9 Å². The largest absolute Gasteiger partial charge is 0.487 e. The monoisotopic (exact) mass is 499 g/mol. The van der Waals surface area contributed by atoms with Gasteiger partial charge in [0.05, 0.1) is 29.7 Å². The second-order valence-corrected chi connectivity index (χ2v) is 9.54. The average molecular weight is 500 g/mol. The number of hydrogen-bond donors (Lipinski definition) is 0. The van der Waals surface area contributed by atoms with Crippen molar-refractivity contribution in [2.45, 2.75) is 51.7 Å². The maximum Gasteiger partial charge on any atom is 0.416 e. The lowest BCUT2D eigenvalue weighted by atomic mass is 10.1. The number of ether oxygens (including phenoxy) is 3. The molecule has 0 aromatic heterocycles. The Labute approximate surface area is 202 Å². The molecule has 5 nitrogen and oxygen atoms in total. The van der Waals surface area contributed by atoms with Crippen LogP contribution in [0.25, 0.3) is 0 Å². The molecule has 1 unspecified atom stereocenters. The molecule has 0 radical (unpaired) electrons. The Hall–Kier alpha value is -2.29. The first-order valence-electron chi connectivity index (χ1n) is 11.1. The molecule has 3 rings (SSSR count). The highest BCUT2D eigenvalue weighted by Gasteiger charge is 2.33. The first-order chi connectivity index (χ1) is 15.9. The zero-order valence-electron chi connectivity index (χ0n) is 19.5. The van der Waals surface area contributed by atoms with Gasteiger partial charge >= 0.3 is 12.1 Å². The number of nitrogens with zero attached hydrogens (tertiary/aromatic N) is 1. The highest BCUT2D eigenvalue weighted by molar-refractivity contribution is 6.32. The molecule has 0 bridgehead atoms. The first kappa shape index (κ1) is 26.3. The highest BCUT2D eigenvalue weighted by Crippen LogP contribution is 2.34. The van der Waals surface area contributed by atoms with Crippen molar-refractivity contribution >= 4 is 17.6 Å². The summed E-state index contributed by atoms with van der Waals surface area (Å²) < 4.78 is 56.4. The summed E-state index contributed by atoms with van der Waals surface area (Å²) in [5.74, 6) is 0.0483. The maximum atomic E-state index is 13.2. The van der Waals surface area contributed by atoms with Crippen molar-refractivity contribution in [2.24, 2.45) is 0 Å². The third-order valence-electron chi connectivity index (χ3n) is 5.24. The van der Waals surface area contributed by atoms with E-state index in [9.17, 15) is 18.0 Å². The maximum absolute atomic E-state index is 13.2. The molecule has 0 saturated carbocycles. The number of hydrogen-bond acceptors (Lipinski definition) is 5. The van der Waals surface area contributed by atoms with Crippen molar-refractivity contribution in [3.63, 3.8) is 0 Å². The summed E-state index contributed by atoms with van der Waals surface area (Å²) >= 11 is 6.37. The SMILES string of the molecule is CC(C)(C)OC(=O)CCN1CCOC(c2ccc(OCc3ccccc3C(F)(F)F)c(Cl)c2)C1. The minimum atomic E-state index is -4.46. The Morgan fingerprint density at radius 1 is 1.18 bits per heavy atom. The van der Waals surface area contributed by atoms with Gasteiger partial charge in [-0.3, -0.25) is 9.69 Å². The van der Waals surface area contributed by atoms with Crippen molar-refractivity contribution in [1.29, 1.82) is 0 Å². The van der Waals surface area contributed by atoms with Crippen LogP contribution in [0, 0.1) is 0 Å². The summed E-state index contributed by atoms with van der Waals surface area (Å²) in [5, 5.41) is 0.288. The Morgan fingerprint density at radius 3 is 2.59 bits per heavy atom. The van der Waals surface area contributed by atoms with Gasteiger partial charge in [0.1, 0.15) is 18.0 Å². The number of halogens is 4. The van der Waals surface area contributed by atoms with Gasteiger partial charge < -0.3 is 14.2 Å². The molecular weight excluding hydrogens is 471 g/mol. The van der Waals surface area contributed by atoms with E-state index in [2.05, 4.69) is 4.90 Å². The van der Waals surface area contributed by atoms with Crippen LogP contribution in [0.2, 0.25) is 5.02 Å². The zero-order chi connectivity index (χ0) is 24.9. The molecule has 1 heterocycles. The van der Waals surface area contributed by atoms with Gasteiger partial charge in [-0.05, 0) is 44.5 Å². The molecule has 1 atom stereocenters. The summed E-state index contributed by atoms with van der Waals surface area (Å²) in [5.41, 5.74) is -0.383. The average Bonchev–Trinajstić information content (AvgIpc) is 2.75. The fourth-order valence-electron chi connectivity index (χ4n) is 3.66. The molecule has 1 aliphatic rings. The quantitative estimate of drug-likeness (QED) is 0.434. The lowest BCUT2D eigenvalue weighted by molar-refractivity contribution is -0.155. The molecule has 9 heteroatoms. The predicted molar refractivity (Wildman–Crippen MR) is 123 cm³/mol. The fourth-order valence-corrected chi connectivity index (χ4v) is 3.91. The van der Waals surface area contributed by atoms with Gasteiger partial charge in [0.25, 0.3) is 0 Å². The summed E-state index contributed by atoms with van der Waals surface area (Å²) in [4.78, 5) is 14.1. The number of rotatable bonds is 7. The van der Waals surface area contributed by atoms with E-state index in [1.807, 2.05) is 20.8 Å². The van der Waals surface area contributed by atoms with Gasteiger partial charge in [-0.25, -0.2) is 0 Å². The minimum Gasteiger partial charge on any atom is -0.487 e. The summed E-state index contributed by atoms with van der Waals surface area (Å²) in [6.45, 7) is 7.59.